The molecule has 1 fully saturated rings. The molecule has 1 atom stereocenters. The van der Waals surface area contributed by atoms with Crippen LogP contribution in [0.15, 0.2) is 24.3 Å². The van der Waals surface area contributed by atoms with Gasteiger partial charge in [-0.05, 0) is 18.6 Å². The minimum Gasteiger partial charge on any atom is -0.306 e. The van der Waals surface area contributed by atoms with E-state index in [9.17, 15) is 23.3 Å². The Balaban J connectivity index is 1.63. The summed E-state index contributed by atoms with van der Waals surface area (Å²) in [6.45, 7) is 0. The molecule has 3 heterocycles. The number of fused-ring (bicyclic) bond motifs is 1. The topological polar surface area (TPSA) is 124 Å². The number of carbonyl (C=O) groups excluding carboxylic acids is 1. The Bertz CT molecular complexity index is 1030. The third kappa shape index (κ3) is 3.44. The summed E-state index contributed by atoms with van der Waals surface area (Å²) in [6, 6.07) is 5.04. The first-order valence-electron chi connectivity index (χ1n) is 8.28. The Kier molecular flexibility index (Phi) is 4.42. The number of nitrogens with zero attached hydrogens (tertiary/aromatic N) is 3. The predicted molar refractivity (Wildman–Crippen MR) is 101 cm³/mol. The third-order valence-corrected chi connectivity index (χ3v) is 7.42. The van der Waals surface area contributed by atoms with Crippen LogP contribution in [0.3, 0.4) is 0 Å². The van der Waals surface area contributed by atoms with Gasteiger partial charge >= 0.3 is 0 Å². The first-order chi connectivity index (χ1) is 12.8. The van der Waals surface area contributed by atoms with E-state index in [0.29, 0.717) is 18.0 Å². The number of rotatable bonds is 4. The maximum atomic E-state index is 12.6. The van der Waals surface area contributed by atoms with Gasteiger partial charge in [-0.15, -0.1) is 0 Å². The molecule has 0 saturated carbocycles. The van der Waals surface area contributed by atoms with Crippen LogP contribution in [0.2, 0.25) is 0 Å². The van der Waals surface area contributed by atoms with Crippen LogP contribution in [0.4, 0.5) is 11.5 Å². The molecule has 1 saturated heterocycles. The second-order valence-corrected chi connectivity index (χ2v) is 9.74. The predicted octanol–water partition coefficient (Wildman–Crippen LogP) is 2.15. The standard InChI is InChI=1S/C16H16N4O5S2/c21-16(10-1-3-11(4-2-10)20(22)23)17-15-13-7-26-8-14(13)18-19(15)12-5-6-27(24,25)9-12/h1-4,12H,5-9H2,(H,17,21). The number of nitrogens with one attached hydrogen (secondary N) is 1. The van der Waals surface area contributed by atoms with E-state index >= 15 is 0 Å². The number of nitro groups is 1. The maximum absolute atomic E-state index is 12.6. The van der Waals surface area contributed by atoms with Crippen LogP contribution in [-0.2, 0) is 21.3 Å². The molecule has 27 heavy (non-hydrogen) atoms. The van der Waals surface area contributed by atoms with Crippen molar-refractivity contribution in [3.05, 3.63) is 51.2 Å². The van der Waals surface area contributed by atoms with Gasteiger partial charge in [0.1, 0.15) is 5.82 Å². The van der Waals surface area contributed by atoms with Gasteiger partial charge in [0.15, 0.2) is 9.84 Å². The number of carbonyl (C=O) groups is 1. The van der Waals surface area contributed by atoms with Gasteiger partial charge in [-0.3, -0.25) is 14.9 Å². The lowest BCUT2D eigenvalue weighted by Crippen LogP contribution is -2.20. The minimum atomic E-state index is -3.09. The zero-order chi connectivity index (χ0) is 19.2. The van der Waals surface area contributed by atoms with Gasteiger partial charge in [0.05, 0.1) is 28.2 Å². The van der Waals surface area contributed by atoms with Crippen LogP contribution in [0.1, 0.15) is 34.1 Å². The van der Waals surface area contributed by atoms with Crippen molar-refractivity contribution in [1.29, 1.82) is 0 Å². The molecule has 1 amide bonds. The van der Waals surface area contributed by atoms with E-state index in [-0.39, 0.29) is 28.8 Å². The van der Waals surface area contributed by atoms with E-state index in [0.717, 1.165) is 17.0 Å². The van der Waals surface area contributed by atoms with Crippen molar-refractivity contribution in [2.45, 2.75) is 24.0 Å². The van der Waals surface area contributed by atoms with Gasteiger partial charge in [0.2, 0.25) is 0 Å². The number of hydrogen-bond acceptors (Lipinski definition) is 7. The molecule has 142 valence electrons. The molecule has 2 aliphatic heterocycles. The quantitative estimate of drug-likeness (QED) is 0.607. The van der Waals surface area contributed by atoms with Crippen LogP contribution >= 0.6 is 11.8 Å². The van der Waals surface area contributed by atoms with Crippen molar-refractivity contribution in [3.8, 4) is 0 Å². The highest BCUT2D eigenvalue weighted by Gasteiger charge is 2.34. The fraction of sp³-hybridized carbons (Fsp3) is 0.375. The van der Waals surface area contributed by atoms with Crippen molar-refractivity contribution in [2.24, 2.45) is 0 Å². The molecule has 11 heteroatoms. The Hall–Kier alpha value is -2.40. The average molecular weight is 408 g/mol. The molecule has 1 unspecified atom stereocenters. The Morgan fingerprint density at radius 3 is 2.67 bits per heavy atom. The maximum Gasteiger partial charge on any atom is 0.269 e. The number of nitro benzene ring substituents is 1. The van der Waals surface area contributed by atoms with Crippen molar-refractivity contribution in [3.63, 3.8) is 0 Å². The fourth-order valence-electron chi connectivity index (χ4n) is 3.31. The Morgan fingerprint density at radius 2 is 2.04 bits per heavy atom. The molecule has 0 aliphatic carbocycles. The summed E-state index contributed by atoms with van der Waals surface area (Å²) < 4.78 is 25.3. The molecule has 1 aromatic heterocycles. The van der Waals surface area contributed by atoms with E-state index < -0.39 is 20.7 Å². The summed E-state index contributed by atoms with van der Waals surface area (Å²) in [6.07, 6.45) is 0.469. The minimum absolute atomic E-state index is 0.0150. The Labute approximate surface area is 159 Å². The van der Waals surface area contributed by atoms with Crippen LogP contribution in [0, 0.1) is 10.1 Å². The zero-order valence-corrected chi connectivity index (χ0v) is 15.8. The molecular weight excluding hydrogens is 392 g/mol. The van der Waals surface area contributed by atoms with E-state index in [1.807, 2.05) is 0 Å². The van der Waals surface area contributed by atoms with Gasteiger partial charge in [-0.25, -0.2) is 13.1 Å². The van der Waals surface area contributed by atoms with Crippen molar-refractivity contribution in [1.82, 2.24) is 9.78 Å². The SMILES string of the molecule is O=C(Nc1c2c(nn1C1CCS(=O)(=O)C1)CSC2)c1ccc([N+](=O)[O-])cc1. The zero-order valence-electron chi connectivity index (χ0n) is 14.1. The number of hydrogen-bond donors (Lipinski definition) is 1. The summed E-state index contributed by atoms with van der Waals surface area (Å²) >= 11 is 1.68. The van der Waals surface area contributed by atoms with E-state index in [1.54, 1.807) is 16.4 Å². The highest BCUT2D eigenvalue weighted by Crippen LogP contribution is 2.38. The summed E-state index contributed by atoms with van der Waals surface area (Å²) in [5.74, 6) is 1.67. The second-order valence-electron chi connectivity index (χ2n) is 6.53. The normalized spacial score (nSPS) is 20.4. The summed E-state index contributed by atoms with van der Waals surface area (Å²) in [7, 11) is -3.09. The van der Waals surface area contributed by atoms with Crippen LogP contribution < -0.4 is 5.32 Å². The monoisotopic (exact) mass is 408 g/mol. The van der Waals surface area contributed by atoms with Gasteiger partial charge in [0, 0.05) is 34.8 Å². The molecule has 2 aliphatic rings. The molecule has 1 N–H and O–H groups in total. The molecule has 0 spiro atoms. The Morgan fingerprint density at radius 1 is 1.30 bits per heavy atom. The van der Waals surface area contributed by atoms with E-state index in [2.05, 4.69) is 10.4 Å². The lowest BCUT2D eigenvalue weighted by Gasteiger charge is -2.15. The number of anilines is 1. The number of thioether (sulfide) groups is 1. The highest BCUT2D eigenvalue weighted by molar-refractivity contribution is 7.98. The molecule has 2 aromatic rings. The molecule has 0 bridgehead atoms. The van der Waals surface area contributed by atoms with E-state index in [1.165, 1.54) is 24.3 Å². The smallest absolute Gasteiger partial charge is 0.269 e. The number of aromatic nitrogens is 2. The van der Waals surface area contributed by atoms with Gasteiger partial charge in [-0.1, -0.05) is 0 Å². The average Bonchev–Trinajstić information content (AvgIpc) is 3.30. The van der Waals surface area contributed by atoms with Gasteiger partial charge in [0.25, 0.3) is 11.6 Å². The molecule has 4 rings (SSSR count). The summed E-state index contributed by atoms with van der Waals surface area (Å²) in [5.41, 5.74) is 1.97. The number of amides is 1. The van der Waals surface area contributed by atoms with Crippen LogP contribution in [0.25, 0.3) is 0 Å². The first kappa shape index (κ1) is 18.0. The van der Waals surface area contributed by atoms with E-state index in [4.69, 9.17) is 0 Å². The van der Waals surface area contributed by atoms with Gasteiger partial charge in [-0.2, -0.15) is 16.9 Å². The molecule has 1 aromatic carbocycles. The lowest BCUT2D eigenvalue weighted by atomic mass is 10.2. The molecule has 0 radical (unpaired) electrons. The number of non-ortho nitro benzene ring substituents is 1. The molecule has 9 nitrogen and oxygen atoms in total. The fourth-order valence-corrected chi connectivity index (χ4v) is 6.04. The number of sulfone groups is 1. The molecular formula is C16H16N4O5S2. The largest absolute Gasteiger partial charge is 0.306 e. The summed E-state index contributed by atoms with van der Waals surface area (Å²) in [5, 5.41) is 18.1. The first-order valence-corrected chi connectivity index (χ1v) is 11.3. The van der Waals surface area contributed by atoms with Crippen LogP contribution in [0.5, 0.6) is 0 Å². The van der Waals surface area contributed by atoms with Crippen LogP contribution in [-0.4, -0.2) is 40.5 Å². The third-order valence-electron chi connectivity index (χ3n) is 4.70. The number of benzene rings is 1. The summed E-state index contributed by atoms with van der Waals surface area (Å²) in [4.78, 5) is 22.9. The van der Waals surface area contributed by atoms with Gasteiger partial charge < -0.3 is 5.32 Å². The van der Waals surface area contributed by atoms with Crippen molar-refractivity contribution < 1.29 is 18.1 Å². The van der Waals surface area contributed by atoms with Crippen molar-refractivity contribution >= 4 is 39.0 Å². The lowest BCUT2D eigenvalue weighted by molar-refractivity contribution is -0.384. The highest BCUT2D eigenvalue weighted by atomic mass is 32.2. The second kappa shape index (κ2) is 6.64. The van der Waals surface area contributed by atoms with Crippen molar-refractivity contribution in [2.75, 3.05) is 16.8 Å².